The molecule has 0 saturated carbocycles. The third-order valence-electron chi connectivity index (χ3n) is 6.81. The first-order chi connectivity index (χ1) is 16.2. The summed E-state index contributed by atoms with van der Waals surface area (Å²) in [6.07, 6.45) is 7.86. The van der Waals surface area contributed by atoms with Gasteiger partial charge in [-0.15, -0.1) is 0 Å². The van der Waals surface area contributed by atoms with Gasteiger partial charge in [0.2, 0.25) is 0 Å². The minimum absolute atomic E-state index is 0.00177. The summed E-state index contributed by atoms with van der Waals surface area (Å²) >= 11 is 0. The minimum Gasteiger partial charge on any atom is -0.382 e. The third-order valence-corrected chi connectivity index (χ3v) is 6.81. The van der Waals surface area contributed by atoms with Crippen LogP contribution in [0, 0.1) is 0 Å². The Hall–Kier alpha value is -3.03. The molecule has 2 fully saturated rings. The van der Waals surface area contributed by atoms with Gasteiger partial charge >= 0.3 is 0 Å². The van der Waals surface area contributed by atoms with E-state index in [1.54, 1.807) is 6.20 Å². The first-order valence-electron chi connectivity index (χ1n) is 12.0. The van der Waals surface area contributed by atoms with E-state index in [1.807, 2.05) is 36.5 Å². The molecule has 1 aromatic carbocycles. The number of aromatic nitrogens is 2. The molecule has 1 amide bonds. The van der Waals surface area contributed by atoms with Crippen LogP contribution in [0.3, 0.4) is 0 Å². The fourth-order valence-electron chi connectivity index (χ4n) is 4.74. The van der Waals surface area contributed by atoms with Crippen molar-refractivity contribution in [3.63, 3.8) is 0 Å². The number of benzene rings is 1. The standard InChI is InChI=1S/C26H32N6O/c1-32-14-9-21(10-15-32)30-26(33)19-4-2-18(3-5-19)24-16-25(29-20-6-11-27-12-7-20)22-17-28-13-8-23(22)31-24/h2-5,8,13,16-17,20-21,27H,6-7,9-12,14-15H2,1H3,(H,29,31)(H,30,33). The number of carbonyl (C=O) groups is 1. The summed E-state index contributed by atoms with van der Waals surface area (Å²) in [5.74, 6) is 0.00177. The molecule has 0 atom stereocenters. The molecular weight excluding hydrogens is 412 g/mol. The van der Waals surface area contributed by atoms with Crippen molar-refractivity contribution in [2.45, 2.75) is 37.8 Å². The fraction of sp³-hybridized carbons (Fsp3) is 0.423. The molecule has 0 bridgehead atoms. The van der Waals surface area contributed by atoms with Crippen LogP contribution in [-0.2, 0) is 0 Å². The van der Waals surface area contributed by atoms with Crippen LogP contribution in [0.15, 0.2) is 48.8 Å². The van der Waals surface area contributed by atoms with Gasteiger partial charge in [0.25, 0.3) is 5.91 Å². The molecule has 7 nitrogen and oxygen atoms in total. The van der Waals surface area contributed by atoms with E-state index in [0.29, 0.717) is 11.6 Å². The second-order valence-electron chi connectivity index (χ2n) is 9.24. The molecular formula is C26H32N6O. The fourth-order valence-corrected chi connectivity index (χ4v) is 4.74. The molecule has 4 heterocycles. The van der Waals surface area contributed by atoms with Gasteiger partial charge in [-0.1, -0.05) is 12.1 Å². The Labute approximate surface area is 195 Å². The second-order valence-corrected chi connectivity index (χ2v) is 9.24. The van der Waals surface area contributed by atoms with Crippen LogP contribution in [0.5, 0.6) is 0 Å². The average molecular weight is 445 g/mol. The Morgan fingerprint density at radius 2 is 1.79 bits per heavy atom. The maximum atomic E-state index is 12.7. The second kappa shape index (κ2) is 9.85. The summed E-state index contributed by atoms with van der Waals surface area (Å²) in [6.45, 7) is 4.13. The van der Waals surface area contributed by atoms with E-state index >= 15 is 0 Å². The van der Waals surface area contributed by atoms with Crippen LogP contribution >= 0.6 is 0 Å². The monoisotopic (exact) mass is 444 g/mol. The maximum absolute atomic E-state index is 12.7. The van der Waals surface area contributed by atoms with E-state index in [2.05, 4.69) is 38.9 Å². The van der Waals surface area contributed by atoms with E-state index in [-0.39, 0.29) is 11.9 Å². The van der Waals surface area contributed by atoms with Gasteiger partial charge in [0.15, 0.2) is 0 Å². The number of fused-ring (bicyclic) bond motifs is 1. The van der Waals surface area contributed by atoms with Crippen LogP contribution in [0.1, 0.15) is 36.0 Å². The molecule has 3 N–H and O–H groups in total. The van der Waals surface area contributed by atoms with Crippen LogP contribution in [0.2, 0.25) is 0 Å². The summed E-state index contributed by atoms with van der Waals surface area (Å²) in [5, 5.41) is 11.4. The van der Waals surface area contributed by atoms with Gasteiger partial charge in [-0.05, 0) is 83.2 Å². The van der Waals surface area contributed by atoms with E-state index in [9.17, 15) is 4.79 Å². The summed E-state index contributed by atoms with van der Waals surface area (Å²) in [7, 11) is 2.13. The van der Waals surface area contributed by atoms with Crippen molar-refractivity contribution >= 4 is 22.5 Å². The number of hydrogen-bond donors (Lipinski definition) is 3. The molecule has 0 spiro atoms. The number of piperidine rings is 2. The predicted octanol–water partition coefficient (Wildman–Crippen LogP) is 3.28. The van der Waals surface area contributed by atoms with E-state index in [0.717, 1.165) is 79.7 Å². The van der Waals surface area contributed by atoms with Crippen molar-refractivity contribution in [1.29, 1.82) is 0 Å². The summed E-state index contributed by atoms with van der Waals surface area (Å²) in [6, 6.07) is 12.6. The number of hydrogen-bond acceptors (Lipinski definition) is 6. The highest BCUT2D eigenvalue weighted by Crippen LogP contribution is 2.29. The molecule has 0 radical (unpaired) electrons. The number of likely N-dealkylation sites (tertiary alicyclic amines) is 1. The van der Waals surface area contributed by atoms with Crippen molar-refractivity contribution in [3.8, 4) is 11.3 Å². The molecule has 7 heteroatoms. The molecule has 3 aromatic rings. The van der Waals surface area contributed by atoms with Gasteiger partial charge in [0.1, 0.15) is 0 Å². The number of rotatable bonds is 5. The van der Waals surface area contributed by atoms with Crippen molar-refractivity contribution in [2.75, 3.05) is 38.5 Å². The molecule has 2 saturated heterocycles. The van der Waals surface area contributed by atoms with Crippen molar-refractivity contribution < 1.29 is 4.79 Å². The number of amides is 1. The van der Waals surface area contributed by atoms with Crippen LogP contribution < -0.4 is 16.0 Å². The van der Waals surface area contributed by atoms with Gasteiger partial charge in [-0.3, -0.25) is 9.78 Å². The highest BCUT2D eigenvalue weighted by Gasteiger charge is 2.19. The summed E-state index contributed by atoms with van der Waals surface area (Å²) in [5.41, 5.74) is 4.57. The lowest BCUT2D eigenvalue weighted by molar-refractivity contribution is 0.0917. The predicted molar refractivity (Wildman–Crippen MR) is 132 cm³/mol. The Bertz CT molecular complexity index is 1100. The van der Waals surface area contributed by atoms with Crippen LogP contribution in [0.25, 0.3) is 22.2 Å². The van der Waals surface area contributed by atoms with Gasteiger partial charge in [-0.2, -0.15) is 0 Å². The lowest BCUT2D eigenvalue weighted by Crippen LogP contribution is -2.43. The summed E-state index contributed by atoms with van der Waals surface area (Å²) < 4.78 is 0. The topological polar surface area (TPSA) is 82.2 Å². The van der Waals surface area contributed by atoms with Gasteiger partial charge in [0, 0.05) is 46.7 Å². The molecule has 2 aromatic heterocycles. The molecule has 2 aliphatic heterocycles. The molecule has 172 valence electrons. The highest BCUT2D eigenvalue weighted by molar-refractivity contribution is 5.96. The quantitative estimate of drug-likeness (QED) is 0.560. The Kier molecular flexibility index (Phi) is 6.51. The normalized spacial score (nSPS) is 18.3. The lowest BCUT2D eigenvalue weighted by Gasteiger charge is -2.29. The Morgan fingerprint density at radius 3 is 2.55 bits per heavy atom. The van der Waals surface area contributed by atoms with Crippen LogP contribution in [0.4, 0.5) is 5.69 Å². The van der Waals surface area contributed by atoms with E-state index < -0.39 is 0 Å². The third kappa shape index (κ3) is 5.15. The van der Waals surface area contributed by atoms with Crippen molar-refractivity contribution in [1.82, 2.24) is 25.5 Å². The van der Waals surface area contributed by atoms with Gasteiger partial charge < -0.3 is 20.9 Å². The van der Waals surface area contributed by atoms with E-state index in [1.165, 1.54) is 0 Å². The van der Waals surface area contributed by atoms with Crippen LogP contribution in [-0.4, -0.2) is 66.1 Å². The molecule has 2 aliphatic rings. The molecule has 5 rings (SSSR count). The van der Waals surface area contributed by atoms with E-state index in [4.69, 9.17) is 4.98 Å². The average Bonchev–Trinajstić information content (AvgIpc) is 2.86. The number of anilines is 1. The van der Waals surface area contributed by atoms with Gasteiger partial charge in [0.05, 0.1) is 11.2 Å². The summed E-state index contributed by atoms with van der Waals surface area (Å²) in [4.78, 5) is 24.2. The number of nitrogens with one attached hydrogen (secondary N) is 3. The zero-order chi connectivity index (χ0) is 22.6. The van der Waals surface area contributed by atoms with Crippen molar-refractivity contribution in [2.24, 2.45) is 0 Å². The largest absolute Gasteiger partial charge is 0.382 e. The zero-order valence-electron chi connectivity index (χ0n) is 19.2. The highest BCUT2D eigenvalue weighted by atomic mass is 16.1. The zero-order valence-corrected chi connectivity index (χ0v) is 19.2. The first-order valence-corrected chi connectivity index (χ1v) is 12.0. The number of pyridine rings is 2. The maximum Gasteiger partial charge on any atom is 0.251 e. The first kappa shape index (κ1) is 21.8. The molecule has 33 heavy (non-hydrogen) atoms. The van der Waals surface area contributed by atoms with Gasteiger partial charge in [-0.25, -0.2) is 4.98 Å². The number of nitrogens with zero attached hydrogens (tertiary/aromatic N) is 3. The minimum atomic E-state index is 0.00177. The lowest BCUT2D eigenvalue weighted by atomic mass is 10.0. The smallest absolute Gasteiger partial charge is 0.251 e. The SMILES string of the molecule is CN1CCC(NC(=O)c2ccc(-c3cc(NC4CCNCC4)c4cnccc4n3)cc2)CC1. The van der Waals surface area contributed by atoms with Crippen molar-refractivity contribution in [3.05, 3.63) is 54.4 Å². The molecule has 0 aliphatic carbocycles. The number of carbonyl (C=O) groups excluding carboxylic acids is 1. The molecule has 0 unspecified atom stereocenters. The Morgan fingerprint density at radius 1 is 1.03 bits per heavy atom. The Balaban J connectivity index is 1.35.